The number of hydrogen-bond donors (Lipinski definition) is 4. The number of primary amides is 1. The van der Waals surface area contributed by atoms with Gasteiger partial charge in [-0.05, 0) is 74.2 Å². The van der Waals surface area contributed by atoms with Crippen molar-refractivity contribution >= 4 is 33.2 Å². The molecule has 0 saturated carbocycles. The summed E-state index contributed by atoms with van der Waals surface area (Å²) in [5.41, 5.74) is 7.85. The van der Waals surface area contributed by atoms with Crippen LogP contribution in [0.2, 0.25) is 0 Å². The van der Waals surface area contributed by atoms with Crippen molar-refractivity contribution in [3.05, 3.63) is 54.1 Å². The third kappa shape index (κ3) is 6.92. The number of anilines is 2. The molecule has 2 aromatic rings. The van der Waals surface area contributed by atoms with E-state index in [9.17, 15) is 18.0 Å². The van der Waals surface area contributed by atoms with E-state index in [4.69, 9.17) is 5.73 Å². The summed E-state index contributed by atoms with van der Waals surface area (Å²) >= 11 is 0. The zero-order valence-corrected chi connectivity index (χ0v) is 23.0. The van der Waals surface area contributed by atoms with Crippen LogP contribution < -0.4 is 26.0 Å². The maximum absolute atomic E-state index is 13.5. The molecular weight excluding hydrogens is 502 g/mol. The normalized spacial score (nSPS) is 19.4. The predicted molar refractivity (Wildman–Crippen MR) is 156 cm³/mol. The fourth-order valence-corrected chi connectivity index (χ4v) is 6.85. The molecule has 0 aliphatic carbocycles. The van der Waals surface area contributed by atoms with E-state index < -0.39 is 22.0 Å². The van der Waals surface area contributed by atoms with E-state index in [2.05, 4.69) is 32.4 Å². The largest absolute Gasteiger partial charge is 0.370 e. The number of nitrogens with zero attached hydrogens (tertiary/aromatic N) is 1. The van der Waals surface area contributed by atoms with E-state index in [-0.39, 0.29) is 27.0 Å². The fraction of sp³-hybridized carbons (Fsp3) is 0.500. The molecule has 4 rings (SSSR count). The Bertz CT molecular complexity index is 1240. The van der Waals surface area contributed by atoms with E-state index >= 15 is 0 Å². The number of hydrogen-bond acceptors (Lipinski definition) is 6. The summed E-state index contributed by atoms with van der Waals surface area (Å²) in [4.78, 5) is 26.8. The minimum absolute atomic E-state index is 0. The number of nitrogens with one attached hydrogen (secondary N) is 3. The van der Waals surface area contributed by atoms with Gasteiger partial charge in [-0.2, -0.15) is 4.72 Å². The summed E-state index contributed by atoms with van der Waals surface area (Å²) in [6.45, 7) is 5.66. The smallest absolute Gasteiger partial charge is 0.243 e. The van der Waals surface area contributed by atoms with Crippen molar-refractivity contribution in [3.8, 4) is 0 Å². The van der Waals surface area contributed by atoms with E-state index in [0.717, 1.165) is 38.6 Å². The second kappa shape index (κ2) is 12.3. The Morgan fingerprint density at radius 3 is 2.42 bits per heavy atom. The molecule has 0 spiro atoms. The number of rotatable bonds is 10. The molecule has 38 heavy (non-hydrogen) atoms. The van der Waals surface area contributed by atoms with Crippen LogP contribution in [0.3, 0.4) is 0 Å². The number of sulfonamides is 1. The molecule has 2 aliphatic rings. The molecule has 0 bridgehead atoms. The lowest BCUT2D eigenvalue weighted by Gasteiger charge is -2.35. The first-order valence-corrected chi connectivity index (χ1v) is 14.9. The van der Waals surface area contributed by atoms with Gasteiger partial charge in [0.05, 0.1) is 11.7 Å². The van der Waals surface area contributed by atoms with Crippen molar-refractivity contribution in [2.45, 2.75) is 62.9 Å². The average Bonchev–Trinajstić information content (AvgIpc) is 3.43. The van der Waals surface area contributed by atoms with Crippen molar-refractivity contribution in [1.82, 2.24) is 10.0 Å². The predicted octanol–water partition coefficient (Wildman–Crippen LogP) is 3.36. The lowest BCUT2D eigenvalue weighted by molar-refractivity contribution is -0.120. The second-order valence-corrected chi connectivity index (χ2v) is 12.4. The van der Waals surface area contributed by atoms with E-state index in [1.807, 2.05) is 18.2 Å². The SMILES string of the molecule is CC(C)C(NS(=O)(=O)c1ccc(NC(=O)C2CCCN2)cc1N1CCC(Cc2ccccc2)CC1)C(N)=O.[HH].[HH].[HH]. The molecule has 2 aliphatic heterocycles. The number of piperidine rings is 1. The van der Waals surface area contributed by atoms with Crippen LogP contribution in [0.25, 0.3) is 0 Å². The number of carbonyl (C=O) groups is 2. The number of carbonyl (C=O) groups excluding carboxylic acids is 2. The number of amides is 2. The first kappa shape index (κ1) is 28.1. The molecule has 10 heteroatoms. The molecule has 2 amide bonds. The van der Waals surface area contributed by atoms with Crippen molar-refractivity contribution in [2.24, 2.45) is 17.6 Å². The Hall–Kier alpha value is -2.95. The van der Waals surface area contributed by atoms with Gasteiger partial charge in [0.1, 0.15) is 10.9 Å². The van der Waals surface area contributed by atoms with E-state index in [1.165, 1.54) is 11.6 Å². The molecule has 5 N–H and O–H groups in total. The molecule has 9 nitrogen and oxygen atoms in total. The van der Waals surface area contributed by atoms with Gasteiger partial charge >= 0.3 is 0 Å². The van der Waals surface area contributed by atoms with E-state index in [0.29, 0.717) is 30.4 Å². The third-order valence-corrected chi connectivity index (χ3v) is 8.96. The van der Waals surface area contributed by atoms with Crippen molar-refractivity contribution in [2.75, 3.05) is 29.9 Å². The third-order valence-electron chi connectivity index (χ3n) is 7.47. The number of nitrogens with two attached hydrogens (primary N) is 1. The zero-order chi connectivity index (χ0) is 27.3. The molecule has 0 aromatic heterocycles. The van der Waals surface area contributed by atoms with Gasteiger partial charge in [0.15, 0.2) is 0 Å². The molecule has 2 aromatic carbocycles. The van der Waals surface area contributed by atoms with Crippen LogP contribution in [0.1, 0.15) is 49.4 Å². The summed E-state index contributed by atoms with van der Waals surface area (Å²) in [7, 11) is -4.07. The molecule has 2 unspecified atom stereocenters. The zero-order valence-electron chi connectivity index (χ0n) is 22.2. The Labute approximate surface area is 230 Å². The lowest BCUT2D eigenvalue weighted by Crippen LogP contribution is -2.48. The molecule has 212 valence electrons. The molecule has 2 fully saturated rings. The van der Waals surface area contributed by atoms with Crippen LogP contribution in [0.15, 0.2) is 53.4 Å². The number of benzene rings is 2. The summed E-state index contributed by atoms with van der Waals surface area (Å²) in [6.07, 6.45) is 4.54. The highest BCUT2D eigenvalue weighted by molar-refractivity contribution is 7.89. The minimum Gasteiger partial charge on any atom is -0.370 e. The highest BCUT2D eigenvalue weighted by Gasteiger charge is 2.31. The van der Waals surface area contributed by atoms with Gasteiger partial charge in [0.2, 0.25) is 21.8 Å². The Morgan fingerprint density at radius 1 is 1.11 bits per heavy atom. The van der Waals surface area contributed by atoms with Crippen molar-refractivity contribution < 1.29 is 22.3 Å². The molecule has 2 saturated heterocycles. The van der Waals surface area contributed by atoms with Crippen LogP contribution in [-0.4, -0.2) is 52.0 Å². The highest BCUT2D eigenvalue weighted by atomic mass is 32.2. The van der Waals surface area contributed by atoms with Crippen LogP contribution in [0.4, 0.5) is 11.4 Å². The van der Waals surface area contributed by atoms with Gasteiger partial charge in [-0.25, -0.2) is 8.42 Å². The van der Waals surface area contributed by atoms with Gasteiger partial charge in [-0.1, -0.05) is 44.2 Å². The quantitative estimate of drug-likeness (QED) is 0.360. The minimum atomic E-state index is -4.07. The molecule has 2 atom stereocenters. The maximum atomic E-state index is 13.5. The van der Waals surface area contributed by atoms with Crippen LogP contribution in [0, 0.1) is 11.8 Å². The van der Waals surface area contributed by atoms with Gasteiger partial charge < -0.3 is 21.3 Å². The molecular formula is C28H45N5O4S. The van der Waals surface area contributed by atoms with Crippen LogP contribution in [0.5, 0.6) is 0 Å². The maximum Gasteiger partial charge on any atom is 0.243 e. The topological polar surface area (TPSA) is 134 Å². The van der Waals surface area contributed by atoms with Gasteiger partial charge in [0, 0.05) is 23.1 Å². The Kier molecular flexibility index (Phi) is 9.07. The summed E-state index contributed by atoms with van der Waals surface area (Å²) in [5, 5.41) is 6.13. The summed E-state index contributed by atoms with van der Waals surface area (Å²) < 4.78 is 29.5. The second-order valence-electron chi connectivity index (χ2n) is 10.7. The molecule has 2 heterocycles. The average molecular weight is 548 g/mol. The van der Waals surface area contributed by atoms with E-state index in [1.54, 1.807) is 26.0 Å². The fourth-order valence-electron chi connectivity index (χ4n) is 5.29. The Morgan fingerprint density at radius 2 is 1.82 bits per heavy atom. The van der Waals surface area contributed by atoms with Crippen LogP contribution in [-0.2, 0) is 26.0 Å². The standard InChI is InChI=1S/C28H39N5O4S.3H2/c1-19(2)26(27(29)34)32-38(36,37)25-11-10-22(31-28(35)23-9-6-14-30-23)18-24(25)33-15-12-21(13-16-33)17-20-7-4-3-5-8-20;;;/h3-5,7-8,10-11,18-19,21,23,26,30,32H,6,9,12-17H2,1-2H3,(H2,29,34)(H,31,35);3*1H. The van der Waals surface area contributed by atoms with Crippen molar-refractivity contribution in [1.29, 1.82) is 0 Å². The first-order chi connectivity index (χ1) is 18.1. The Balaban J connectivity index is 0.00000280. The highest BCUT2D eigenvalue weighted by Crippen LogP contribution is 2.33. The molecule has 0 radical (unpaired) electrons. The lowest BCUT2D eigenvalue weighted by atomic mass is 9.90. The van der Waals surface area contributed by atoms with Gasteiger partial charge in [-0.15, -0.1) is 0 Å². The van der Waals surface area contributed by atoms with Crippen molar-refractivity contribution in [3.63, 3.8) is 0 Å². The first-order valence-electron chi connectivity index (χ1n) is 13.4. The van der Waals surface area contributed by atoms with Gasteiger partial charge in [-0.3, -0.25) is 9.59 Å². The summed E-state index contributed by atoms with van der Waals surface area (Å²) in [6, 6.07) is 13.9. The summed E-state index contributed by atoms with van der Waals surface area (Å²) in [5.74, 6) is -0.655. The monoisotopic (exact) mass is 547 g/mol. The van der Waals surface area contributed by atoms with Crippen LogP contribution >= 0.6 is 0 Å². The van der Waals surface area contributed by atoms with Gasteiger partial charge in [0.25, 0.3) is 0 Å².